The Morgan fingerprint density at radius 3 is 2.59 bits per heavy atom. The average molecular weight is 538 g/mol. The smallest absolute Gasteiger partial charge is 0.410 e. The molecule has 1 aliphatic rings. The summed E-state index contributed by atoms with van der Waals surface area (Å²) >= 11 is 1.80. The van der Waals surface area contributed by atoms with Gasteiger partial charge >= 0.3 is 6.09 Å². The van der Waals surface area contributed by atoms with Gasteiger partial charge in [-0.3, -0.25) is 4.99 Å². The first-order valence-electron chi connectivity index (χ1n) is 10.1. The Kier molecular flexibility index (Phi) is 11.1. The molecule has 0 unspecified atom stereocenters. The summed E-state index contributed by atoms with van der Waals surface area (Å²) in [5, 5.41) is 10.3. The van der Waals surface area contributed by atoms with Crippen molar-refractivity contribution < 1.29 is 9.53 Å². The zero-order valence-corrected chi connectivity index (χ0v) is 21.4. The van der Waals surface area contributed by atoms with E-state index in [4.69, 9.17) is 4.74 Å². The molecular weight excluding hydrogens is 501 g/mol. The zero-order chi connectivity index (χ0) is 20.6. The van der Waals surface area contributed by atoms with Gasteiger partial charge in [0.1, 0.15) is 5.60 Å². The zero-order valence-electron chi connectivity index (χ0n) is 18.2. The number of halogens is 1. The first-order valence-corrected chi connectivity index (χ1v) is 10.9. The molecule has 1 amide bonds. The highest BCUT2D eigenvalue weighted by Crippen LogP contribution is 2.24. The Balaban J connectivity index is 0.00000420. The monoisotopic (exact) mass is 537 g/mol. The first-order chi connectivity index (χ1) is 13.3. The lowest BCUT2D eigenvalue weighted by Crippen LogP contribution is -2.50. The Hall–Kier alpha value is -1.23. The number of thiophene rings is 1. The molecule has 2 rings (SSSR count). The molecule has 166 valence electrons. The standard InChI is InChI=1S/C20H35N5O2S.HI/c1-6-24(19(26)27-20(2,3)4)14-11-22-18(21-5)23-16-9-12-25(13-10-16)17-8-7-15-28-17;/h7-8,15-16H,6,9-14H2,1-5H3,(H2,21,22,23);1H. The van der Waals surface area contributed by atoms with Crippen molar-refractivity contribution in [1.82, 2.24) is 15.5 Å². The van der Waals surface area contributed by atoms with Crippen LogP contribution in [-0.4, -0.2) is 68.4 Å². The van der Waals surface area contributed by atoms with Crippen molar-refractivity contribution in [3.63, 3.8) is 0 Å². The number of nitrogens with zero attached hydrogens (tertiary/aromatic N) is 3. The molecule has 0 atom stereocenters. The number of carbonyl (C=O) groups is 1. The van der Waals surface area contributed by atoms with Gasteiger partial charge in [-0.25, -0.2) is 4.79 Å². The third kappa shape index (κ3) is 8.98. The number of nitrogens with one attached hydrogen (secondary N) is 2. The molecule has 1 aromatic rings. The van der Waals surface area contributed by atoms with Crippen molar-refractivity contribution in [2.45, 2.75) is 52.2 Å². The summed E-state index contributed by atoms with van der Waals surface area (Å²) in [5.74, 6) is 0.787. The number of carbonyl (C=O) groups excluding carboxylic acids is 1. The summed E-state index contributed by atoms with van der Waals surface area (Å²) < 4.78 is 5.45. The Morgan fingerprint density at radius 2 is 2.07 bits per heavy atom. The highest BCUT2D eigenvalue weighted by Gasteiger charge is 2.22. The van der Waals surface area contributed by atoms with Crippen LogP contribution in [0.25, 0.3) is 0 Å². The van der Waals surface area contributed by atoms with Crippen LogP contribution in [0.1, 0.15) is 40.5 Å². The van der Waals surface area contributed by atoms with Gasteiger partial charge in [0, 0.05) is 45.8 Å². The molecule has 0 aromatic carbocycles. The third-order valence-electron chi connectivity index (χ3n) is 4.58. The maximum Gasteiger partial charge on any atom is 0.410 e. The van der Waals surface area contributed by atoms with E-state index in [1.54, 1.807) is 23.3 Å². The van der Waals surface area contributed by atoms with Gasteiger partial charge in [0.2, 0.25) is 0 Å². The molecule has 29 heavy (non-hydrogen) atoms. The lowest BCUT2D eigenvalue weighted by molar-refractivity contribution is 0.0264. The van der Waals surface area contributed by atoms with Gasteiger partial charge in [0.05, 0.1) is 5.00 Å². The van der Waals surface area contributed by atoms with Crippen LogP contribution in [0.2, 0.25) is 0 Å². The predicted molar refractivity (Wildman–Crippen MR) is 133 cm³/mol. The van der Waals surface area contributed by atoms with Gasteiger partial charge in [-0.1, -0.05) is 0 Å². The summed E-state index contributed by atoms with van der Waals surface area (Å²) in [6, 6.07) is 4.70. The number of guanidine groups is 1. The second-order valence-electron chi connectivity index (χ2n) is 7.92. The van der Waals surface area contributed by atoms with Crippen LogP contribution >= 0.6 is 35.3 Å². The van der Waals surface area contributed by atoms with Gasteiger partial charge in [-0.05, 0) is 58.0 Å². The van der Waals surface area contributed by atoms with Crippen molar-refractivity contribution in [2.24, 2.45) is 4.99 Å². The number of aliphatic imine (C=N–C) groups is 1. The van der Waals surface area contributed by atoms with Crippen molar-refractivity contribution in [3.05, 3.63) is 17.5 Å². The number of likely N-dealkylation sites (N-methyl/N-ethyl adjacent to an activating group) is 1. The van der Waals surface area contributed by atoms with Crippen molar-refractivity contribution >= 4 is 52.4 Å². The van der Waals surface area contributed by atoms with Gasteiger partial charge in [-0.2, -0.15) is 0 Å². The second-order valence-corrected chi connectivity index (χ2v) is 8.84. The minimum atomic E-state index is -0.479. The highest BCUT2D eigenvalue weighted by molar-refractivity contribution is 14.0. The second kappa shape index (κ2) is 12.5. The number of piperidine rings is 1. The summed E-state index contributed by atoms with van der Waals surface area (Å²) in [5.41, 5.74) is -0.479. The molecule has 7 nitrogen and oxygen atoms in total. The molecule has 2 N–H and O–H groups in total. The van der Waals surface area contributed by atoms with E-state index in [0.29, 0.717) is 25.7 Å². The average Bonchev–Trinajstić information content (AvgIpc) is 3.18. The van der Waals surface area contributed by atoms with Crippen LogP contribution in [0.4, 0.5) is 9.80 Å². The molecule has 1 aliphatic heterocycles. The fourth-order valence-corrected chi connectivity index (χ4v) is 3.88. The summed E-state index contributed by atoms with van der Waals surface area (Å²) in [6.45, 7) is 11.5. The minimum Gasteiger partial charge on any atom is -0.444 e. The normalized spacial score (nSPS) is 15.5. The highest BCUT2D eigenvalue weighted by atomic mass is 127. The lowest BCUT2D eigenvalue weighted by atomic mass is 10.1. The van der Waals surface area contributed by atoms with E-state index >= 15 is 0 Å². The molecular formula is C20H36IN5O2S. The molecule has 9 heteroatoms. The number of hydrogen-bond donors (Lipinski definition) is 2. The van der Waals surface area contributed by atoms with Gasteiger partial charge in [0.15, 0.2) is 5.96 Å². The summed E-state index contributed by atoms with van der Waals surface area (Å²) in [6.07, 6.45) is 1.88. The van der Waals surface area contributed by atoms with E-state index in [1.165, 1.54) is 5.00 Å². The van der Waals surface area contributed by atoms with Crippen molar-refractivity contribution in [3.8, 4) is 0 Å². The van der Waals surface area contributed by atoms with E-state index < -0.39 is 5.60 Å². The van der Waals surface area contributed by atoms with E-state index in [2.05, 4.69) is 38.0 Å². The van der Waals surface area contributed by atoms with Crippen molar-refractivity contribution in [2.75, 3.05) is 44.7 Å². The predicted octanol–water partition coefficient (Wildman–Crippen LogP) is 3.76. The molecule has 0 spiro atoms. The van der Waals surface area contributed by atoms with Crippen molar-refractivity contribution in [1.29, 1.82) is 0 Å². The Labute approximate surface area is 196 Å². The van der Waals surface area contributed by atoms with E-state index in [9.17, 15) is 4.79 Å². The SMILES string of the molecule is CCN(CCNC(=NC)NC1CCN(c2cccs2)CC1)C(=O)OC(C)(C)C.I. The largest absolute Gasteiger partial charge is 0.444 e. The number of hydrogen-bond acceptors (Lipinski definition) is 5. The molecule has 1 aromatic heterocycles. The number of rotatable bonds is 6. The van der Waals surface area contributed by atoms with Crippen LogP contribution in [0.3, 0.4) is 0 Å². The van der Waals surface area contributed by atoms with Gasteiger partial charge in [-0.15, -0.1) is 35.3 Å². The molecule has 0 radical (unpaired) electrons. The minimum absolute atomic E-state index is 0. The summed E-state index contributed by atoms with van der Waals surface area (Å²) in [4.78, 5) is 20.7. The van der Waals surface area contributed by atoms with Crippen LogP contribution in [0.15, 0.2) is 22.5 Å². The maximum absolute atomic E-state index is 12.2. The molecule has 1 fully saturated rings. The maximum atomic E-state index is 12.2. The summed E-state index contributed by atoms with van der Waals surface area (Å²) in [7, 11) is 1.78. The molecule has 2 heterocycles. The molecule has 0 aliphatic carbocycles. The van der Waals surface area contributed by atoms with Gasteiger partial charge < -0.3 is 25.2 Å². The fraction of sp³-hybridized carbons (Fsp3) is 0.700. The van der Waals surface area contributed by atoms with Crippen LogP contribution in [0.5, 0.6) is 0 Å². The lowest BCUT2D eigenvalue weighted by Gasteiger charge is -2.33. The Morgan fingerprint density at radius 1 is 1.38 bits per heavy atom. The number of anilines is 1. The van der Waals surface area contributed by atoms with E-state index in [1.807, 2.05) is 27.7 Å². The quantitative estimate of drug-likeness (QED) is 0.329. The van der Waals surface area contributed by atoms with Crippen LogP contribution < -0.4 is 15.5 Å². The topological polar surface area (TPSA) is 69.2 Å². The molecule has 1 saturated heterocycles. The van der Waals surface area contributed by atoms with Crippen LogP contribution in [-0.2, 0) is 4.74 Å². The van der Waals surface area contributed by atoms with Crippen LogP contribution in [0, 0.1) is 0 Å². The molecule has 0 bridgehead atoms. The number of amides is 1. The third-order valence-corrected chi connectivity index (χ3v) is 5.51. The number of ether oxygens (including phenoxy) is 1. The Bertz CT molecular complexity index is 625. The first kappa shape index (κ1) is 25.8. The van der Waals surface area contributed by atoms with Gasteiger partial charge in [0.25, 0.3) is 0 Å². The van der Waals surface area contributed by atoms with E-state index in [-0.39, 0.29) is 30.1 Å². The molecule has 0 saturated carbocycles. The van der Waals surface area contributed by atoms with E-state index in [0.717, 1.165) is 31.9 Å². The fourth-order valence-electron chi connectivity index (χ4n) is 3.10.